The van der Waals surface area contributed by atoms with Crippen LogP contribution in [0.2, 0.25) is 13.3 Å². The van der Waals surface area contributed by atoms with Crippen molar-refractivity contribution in [1.29, 1.82) is 0 Å². The van der Waals surface area contributed by atoms with Gasteiger partial charge in [-0.25, -0.2) is 15.0 Å². The molecule has 0 saturated heterocycles. The molecule has 0 bridgehead atoms. The summed E-state index contributed by atoms with van der Waals surface area (Å²) in [7, 11) is 9.63. The molecule has 0 saturated carbocycles. The number of pyridine rings is 2. The number of methoxy groups -OCH3 is 2. The fourth-order valence-electron chi connectivity index (χ4n) is 4.76. The molecule has 0 unspecified atom stereocenters. The van der Waals surface area contributed by atoms with E-state index in [4.69, 9.17) is 8.92 Å². The van der Waals surface area contributed by atoms with Crippen molar-refractivity contribution in [2.75, 3.05) is 14.2 Å². The molecule has 5 aromatic heterocycles. The summed E-state index contributed by atoms with van der Waals surface area (Å²) >= 11 is 6.11. The standard InChI is InChI=1S/C12H12N2O2S.C8H8BrNO2.C5H7NS.C4H5NS.3C4H9.ClH.Sn/c1-8-13-7-11(17-8)10-4-3-9(6-14-10)5-12(15)16-2;1-12-8(11)4-6-2-3-7(9)10-5-6;1-4-3-6-5(2)7-4;1-4-5-2-3-6-4;3*1-3-4-2;;/h3-4,6-7H,5H2,1-2H3;2-3,5H,4H2,1H3;3H,1-2H3;2-3H,1H3;3*1,3-4H2,2H3;1H;/q;;;;;;;;+1/p-1. The van der Waals surface area contributed by atoms with E-state index >= 15 is 0 Å². The molecule has 56 heavy (non-hydrogen) atoms. The fraction of sp³-hybridized carbons (Fsp3) is 0.488. The molecule has 0 radical (unpaired) electrons. The van der Waals surface area contributed by atoms with Gasteiger partial charge in [-0.15, -0.1) is 34.0 Å². The third kappa shape index (κ3) is 24.5. The molecule has 0 aromatic carbocycles. The van der Waals surface area contributed by atoms with Crippen LogP contribution in [0, 0.1) is 27.7 Å². The number of thiazole rings is 3. The average molecular weight is 1020 g/mol. The van der Waals surface area contributed by atoms with Crippen LogP contribution < -0.4 is 0 Å². The van der Waals surface area contributed by atoms with Crippen molar-refractivity contribution in [2.45, 2.75) is 113 Å². The molecule has 0 amide bonds. The molecule has 0 aliphatic heterocycles. The molecule has 9 nitrogen and oxygen atoms in total. The van der Waals surface area contributed by atoms with Gasteiger partial charge in [-0.05, 0) is 66.9 Å². The topological polar surface area (TPSA) is 117 Å². The number of aromatic nitrogens is 5. The zero-order valence-electron chi connectivity index (χ0n) is 34.4. The minimum Gasteiger partial charge on any atom is -0.469 e. The maximum atomic E-state index is 11.1. The van der Waals surface area contributed by atoms with Gasteiger partial charge in [0.25, 0.3) is 0 Å². The van der Waals surface area contributed by atoms with Crippen LogP contribution in [0.15, 0.2) is 65.2 Å². The van der Waals surface area contributed by atoms with E-state index in [9.17, 15) is 9.59 Å². The molecule has 308 valence electrons. The van der Waals surface area contributed by atoms with E-state index < -0.39 is 17.3 Å². The maximum absolute atomic E-state index is 11.1. The molecule has 0 N–H and O–H groups in total. The van der Waals surface area contributed by atoms with E-state index in [1.807, 2.05) is 56.7 Å². The average Bonchev–Trinajstić information content (AvgIpc) is 3.96. The summed E-state index contributed by atoms with van der Waals surface area (Å²) in [5.41, 5.74) is 2.58. The number of hydrogen-bond donors (Lipinski definition) is 0. The van der Waals surface area contributed by atoms with Crippen molar-refractivity contribution < 1.29 is 19.1 Å². The van der Waals surface area contributed by atoms with Crippen LogP contribution in [0.4, 0.5) is 0 Å². The molecule has 0 aliphatic carbocycles. The first-order valence-electron chi connectivity index (χ1n) is 18.8. The Balaban J connectivity index is 0.000000366. The van der Waals surface area contributed by atoms with Crippen molar-refractivity contribution >= 4 is 88.1 Å². The van der Waals surface area contributed by atoms with E-state index in [0.717, 1.165) is 41.3 Å². The number of ether oxygens (including phenoxy) is 2. The number of halogens is 2. The summed E-state index contributed by atoms with van der Waals surface area (Å²) in [6, 6.07) is 7.39. The fourth-order valence-corrected chi connectivity index (χ4v) is 20.1. The Hall–Kier alpha value is -2.30. The second-order valence-corrected chi connectivity index (χ2v) is 33.6. The third-order valence-corrected chi connectivity index (χ3v) is 25.3. The van der Waals surface area contributed by atoms with Gasteiger partial charge in [0.05, 0.1) is 52.7 Å². The third-order valence-electron chi connectivity index (χ3n) is 7.87. The molecular weight excluding hydrogens is 957 g/mol. The van der Waals surface area contributed by atoms with Crippen molar-refractivity contribution in [3.8, 4) is 10.6 Å². The molecule has 0 spiro atoms. The number of hydrogen-bond acceptors (Lipinski definition) is 12. The van der Waals surface area contributed by atoms with Gasteiger partial charge in [-0.3, -0.25) is 19.6 Å². The largest absolute Gasteiger partial charge is 0.469 e. The summed E-state index contributed by atoms with van der Waals surface area (Å²) in [4.78, 5) is 44.6. The van der Waals surface area contributed by atoms with Gasteiger partial charge in [0.2, 0.25) is 0 Å². The van der Waals surface area contributed by atoms with Crippen molar-refractivity contribution in [3.63, 3.8) is 0 Å². The quantitative estimate of drug-likeness (QED) is 0.0609. The summed E-state index contributed by atoms with van der Waals surface area (Å²) in [6.45, 7) is 14.9. The Morgan fingerprint density at radius 1 is 0.679 bits per heavy atom. The van der Waals surface area contributed by atoms with E-state index in [1.165, 1.54) is 70.9 Å². The van der Waals surface area contributed by atoms with Gasteiger partial charge in [0, 0.05) is 41.2 Å². The predicted octanol–water partition coefficient (Wildman–Crippen LogP) is 12.6. The van der Waals surface area contributed by atoms with Gasteiger partial charge in [-0.1, -0.05) is 12.1 Å². The van der Waals surface area contributed by atoms with Crippen LogP contribution >= 0.6 is 58.9 Å². The molecule has 5 heterocycles. The van der Waals surface area contributed by atoms with Crippen LogP contribution in [-0.2, 0) is 31.9 Å². The van der Waals surface area contributed by atoms with E-state index in [1.54, 1.807) is 58.7 Å². The maximum Gasteiger partial charge on any atom is 0.310 e. The second kappa shape index (κ2) is 30.7. The normalized spacial score (nSPS) is 10.3. The Morgan fingerprint density at radius 2 is 1.20 bits per heavy atom. The number of nitrogens with zero attached hydrogens (tertiary/aromatic N) is 5. The SMILES string of the molecule is CCC[CH2][Sn]([Cl])([CH2]CCC)[CH2]CCC.COC(=O)Cc1ccc(-c2cnc(C)s2)nc1.COC(=O)Cc1ccc(Br)nc1.Cc1cnc(C)s1.Cc1nccs1. The number of esters is 2. The summed E-state index contributed by atoms with van der Waals surface area (Å²) in [5, 5.41) is 5.27. The van der Waals surface area contributed by atoms with E-state index in [-0.39, 0.29) is 24.8 Å². The molecule has 15 heteroatoms. The summed E-state index contributed by atoms with van der Waals surface area (Å²) in [6.07, 6.45) is 17.5. The van der Waals surface area contributed by atoms with Crippen molar-refractivity contribution in [3.05, 3.63) is 96.3 Å². The Morgan fingerprint density at radius 3 is 1.50 bits per heavy atom. The predicted molar refractivity (Wildman–Crippen MR) is 243 cm³/mol. The monoisotopic (exact) mass is 1020 g/mol. The van der Waals surface area contributed by atoms with Gasteiger partial charge in [-0.2, -0.15) is 0 Å². The van der Waals surface area contributed by atoms with E-state index in [2.05, 4.69) is 78.0 Å². The van der Waals surface area contributed by atoms with Gasteiger partial charge < -0.3 is 9.47 Å². The minimum absolute atomic E-state index is 0.251. The molecule has 5 rings (SSSR count). The number of carbonyl (C=O) groups is 2. The Bertz CT molecular complexity index is 1720. The van der Waals surface area contributed by atoms with Crippen LogP contribution in [0.1, 0.15) is 90.3 Å². The smallest absolute Gasteiger partial charge is 0.310 e. The molecule has 0 atom stereocenters. The van der Waals surface area contributed by atoms with Gasteiger partial charge in [0.15, 0.2) is 0 Å². The summed E-state index contributed by atoms with van der Waals surface area (Å²) in [5.74, 6) is -0.507. The van der Waals surface area contributed by atoms with Gasteiger partial charge in [0.1, 0.15) is 4.60 Å². The first kappa shape index (κ1) is 51.7. The Labute approximate surface area is 363 Å². The number of carbonyl (C=O) groups excluding carboxylic acids is 2. The van der Waals surface area contributed by atoms with Crippen LogP contribution in [-0.4, -0.2) is 68.3 Å². The second-order valence-electron chi connectivity index (χ2n) is 12.8. The van der Waals surface area contributed by atoms with Gasteiger partial charge >= 0.3 is 111 Å². The molecule has 0 fully saturated rings. The zero-order valence-corrected chi connectivity index (χ0v) is 42.0. The summed E-state index contributed by atoms with van der Waals surface area (Å²) < 4.78 is 14.1. The Kier molecular flexibility index (Phi) is 28.4. The van der Waals surface area contributed by atoms with Crippen LogP contribution in [0.5, 0.6) is 0 Å². The molecule has 0 aliphatic rings. The number of aryl methyl sites for hydroxylation is 4. The van der Waals surface area contributed by atoms with E-state index in [0.29, 0.717) is 0 Å². The minimum atomic E-state index is -2.09. The molecular formula is C41H59BrClN5O4S3Sn. The number of unbranched alkanes of at least 4 members (excludes halogenated alkanes) is 3. The van der Waals surface area contributed by atoms with Crippen molar-refractivity contribution in [2.24, 2.45) is 0 Å². The van der Waals surface area contributed by atoms with Crippen LogP contribution in [0.25, 0.3) is 10.6 Å². The van der Waals surface area contributed by atoms with Crippen molar-refractivity contribution in [1.82, 2.24) is 24.9 Å². The first-order valence-corrected chi connectivity index (χ1v) is 31.8. The molecule has 5 aromatic rings. The first-order chi connectivity index (χ1) is 26.8. The zero-order chi connectivity index (χ0) is 41.8. The van der Waals surface area contributed by atoms with Crippen LogP contribution in [0.3, 0.4) is 0 Å². The number of rotatable bonds is 14.